The molecule has 0 saturated carbocycles. The van der Waals surface area contributed by atoms with Crippen LogP contribution in [0.1, 0.15) is 45.4 Å². The predicted octanol–water partition coefficient (Wildman–Crippen LogP) is 0.337. The quantitative estimate of drug-likeness (QED) is 0.125. The maximum Gasteiger partial charge on any atom is 2.00 e. The van der Waals surface area contributed by atoms with Crippen LogP contribution in [0, 0.1) is 46.9 Å². The monoisotopic (exact) mass is 767 g/mol. The molecule has 16 heteroatoms. The minimum atomic E-state index is -3.22. The SMILES string of the molecule is O=C(O)CN1CC[N-]CCN(CC(=O)O)CCN(CC(=O)O)CC1.[CH2-]C(O)CN(CCCCCCCC)S(C)(=O)=O.[Gd+2]. The summed E-state index contributed by atoms with van der Waals surface area (Å²) < 4.78 is 24.2. The van der Waals surface area contributed by atoms with Crippen molar-refractivity contribution in [1.82, 2.24) is 19.0 Å². The Hall–Kier alpha value is -0.555. The largest absolute Gasteiger partial charge is 2.00 e. The van der Waals surface area contributed by atoms with Gasteiger partial charge in [0.1, 0.15) is 0 Å². The Balaban J connectivity index is 0. The summed E-state index contributed by atoms with van der Waals surface area (Å²) >= 11 is 0. The van der Waals surface area contributed by atoms with Gasteiger partial charge in [-0.3, -0.25) is 29.1 Å². The number of aliphatic hydroxyl groups excluding tert-OH is 1. The van der Waals surface area contributed by atoms with E-state index in [1.54, 1.807) is 14.7 Å². The van der Waals surface area contributed by atoms with Gasteiger partial charge in [0.2, 0.25) is 10.0 Å². The van der Waals surface area contributed by atoms with Crippen molar-refractivity contribution in [2.75, 3.05) is 91.3 Å². The average Bonchev–Trinajstić information content (AvgIpc) is 2.84. The molecule has 248 valence electrons. The smallest absolute Gasteiger partial charge is 0.660 e. The summed E-state index contributed by atoms with van der Waals surface area (Å²) in [5, 5.41) is 40.3. The molecule has 1 heterocycles. The number of unbranched alkanes of at least 4 members (excludes halogenated alkanes) is 5. The first-order chi connectivity index (χ1) is 19.2. The van der Waals surface area contributed by atoms with E-state index in [0.29, 0.717) is 58.9 Å². The second-order valence-electron chi connectivity index (χ2n) is 10.2. The molecule has 1 rings (SSSR count). The summed E-state index contributed by atoms with van der Waals surface area (Å²) in [4.78, 5) is 38.0. The van der Waals surface area contributed by atoms with Crippen LogP contribution in [0.5, 0.6) is 0 Å². The molecule has 42 heavy (non-hydrogen) atoms. The Labute approximate surface area is 283 Å². The summed E-state index contributed by atoms with van der Waals surface area (Å²) in [6, 6.07) is 0. The Morgan fingerprint density at radius 2 is 1.17 bits per heavy atom. The van der Waals surface area contributed by atoms with Gasteiger partial charge in [0.15, 0.2) is 0 Å². The van der Waals surface area contributed by atoms with Crippen LogP contribution in [0.15, 0.2) is 0 Å². The maximum absolute atomic E-state index is 11.4. The topological polar surface area (TPSA) is 193 Å². The number of carbonyl (C=O) groups is 3. The molecule has 0 aromatic heterocycles. The van der Waals surface area contributed by atoms with Crippen molar-refractivity contribution in [3.63, 3.8) is 0 Å². The van der Waals surface area contributed by atoms with E-state index in [-0.39, 0.29) is 66.1 Å². The summed E-state index contributed by atoms with van der Waals surface area (Å²) in [6.07, 6.45) is 7.03. The summed E-state index contributed by atoms with van der Waals surface area (Å²) in [6.45, 7) is 9.32. The van der Waals surface area contributed by atoms with Crippen molar-refractivity contribution < 1.29 is 83.2 Å². The van der Waals surface area contributed by atoms with E-state index in [1.165, 1.54) is 29.8 Å². The minimum Gasteiger partial charge on any atom is -0.660 e. The molecular weight excluding hydrogens is 716 g/mol. The first-order valence-corrected chi connectivity index (χ1v) is 16.0. The zero-order valence-corrected chi connectivity index (χ0v) is 28.1. The molecule has 0 aromatic carbocycles. The summed E-state index contributed by atoms with van der Waals surface area (Å²) in [7, 11) is -3.22. The van der Waals surface area contributed by atoms with Gasteiger partial charge in [-0.1, -0.05) is 45.1 Å². The van der Waals surface area contributed by atoms with E-state index in [9.17, 15) is 22.8 Å². The van der Waals surface area contributed by atoms with Crippen molar-refractivity contribution in [2.24, 2.45) is 0 Å². The Morgan fingerprint density at radius 3 is 1.52 bits per heavy atom. The average molecular weight is 767 g/mol. The fraction of sp³-hybridized carbons (Fsp3) is 0.846. The van der Waals surface area contributed by atoms with Gasteiger partial charge in [0.25, 0.3) is 0 Å². The van der Waals surface area contributed by atoms with Gasteiger partial charge in [0.05, 0.1) is 25.9 Å². The molecule has 0 spiro atoms. The fourth-order valence-electron chi connectivity index (χ4n) is 4.18. The summed E-state index contributed by atoms with van der Waals surface area (Å²) in [5.74, 6) is -2.83. The third-order valence-electron chi connectivity index (χ3n) is 6.33. The molecule has 1 aliphatic rings. The molecule has 1 aliphatic heterocycles. The normalized spacial score (nSPS) is 17.2. The van der Waals surface area contributed by atoms with Gasteiger partial charge in [-0.05, 0) is 19.5 Å². The summed E-state index contributed by atoms with van der Waals surface area (Å²) in [5.41, 5.74) is 0. The number of carboxylic acids is 3. The Bertz CT molecular complexity index is 822. The van der Waals surface area contributed by atoms with Crippen molar-refractivity contribution in [3.8, 4) is 0 Å². The molecule has 1 unspecified atom stereocenters. The zero-order chi connectivity index (χ0) is 31.3. The second-order valence-corrected chi connectivity index (χ2v) is 12.2. The van der Waals surface area contributed by atoms with Crippen molar-refractivity contribution in [3.05, 3.63) is 12.2 Å². The number of hydrogen-bond donors (Lipinski definition) is 4. The fourth-order valence-corrected chi connectivity index (χ4v) is 5.09. The van der Waals surface area contributed by atoms with Gasteiger partial charge < -0.3 is 32.7 Å². The van der Waals surface area contributed by atoms with Crippen LogP contribution in [0.4, 0.5) is 0 Å². The maximum atomic E-state index is 11.4. The van der Waals surface area contributed by atoms with Crippen molar-refractivity contribution in [2.45, 2.75) is 51.6 Å². The van der Waals surface area contributed by atoms with E-state index in [1.807, 2.05) is 0 Å². The van der Waals surface area contributed by atoms with Gasteiger partial charge in [-0.15, -0.1) is 13.1 Å². The number of aliphatic carboxylic acids is 3. The minimum absolute atomic E-state index is 0. The van der Waals surface area contributed by atoms with Crippen molar-refractivity contribution >= 4 is 27.9 Å². The van der Waals surface area contributed by atoms with E-state index in [4.69, 9.17) is 20.4 Å². The van der Waals surface area contributed by atoms with E-state index in [2.05, 4.69) is 19.2 Å². The predicted molar refractivity (Wildman–Crippen MR) is 156 cm³/mol. The molecular formula is C26H51GdN5O9S. The molecule has 4 N–H and O–H groups in total. The molecule has 0 bridgehead atoms. The van der Waals surface area contributed by atoms with Crippen molar-refractivity contribution in [1.29, 1.82) is 0 Å². The number of hydrogen-bond acceptors (Lipinski definition) is 9. The molecule has 0 aliphatic carbocycles. The second kappa shape index (κ2) is 25.7. The molecule has 0 radical (unpaired) electrons. The number of nitrogens with zero attached hydrogens (tertiary/aromatic N) is 5. The first-order valence-electron chi connectivity index (χ1n) is 14.2. The van der Waals surface area contributed by atoms with Gasteiger partial charge in [0, 0.05) is 39.3 Å². The molecule has 1 fully saturated rings. The third-order valence-corrected chi connectivity index (χ3v) is 7.60. The first kappa shape index (κ1) is 43.6. The van der Waals surface area contributed by atoms with E-state index >= 15 is 0 Å². The third kappa shape index (κ3) is 25.9. The standard InChI is InChI=1S/C14H25N4O6.C12H26NO3S.Gd/c19-12(20)9-16-3-1-15-2-4-17(10-13(21)22)6-8-18(7-5-16)11-14(23)24;1-4-5-6-7-8-9-10-13(11-12(2)14)17(3,15)16;/h1-11H2,(H,19,20)(H,21,22)(H,23,24);12,14H,2,4-11H2,1,3H3;/q2*-1;+2. The van der Waals surface area contributed by atoms with Gasteiger partial charge in [-0.2, -0.15) is 0 Å². The van der Waals surface area contributed by atoms with Crippen LogP contribution in [0.25, 0.3) is 5.32 Å². The molecule has 1 atom stereocenters. The van der Waals surface area contributed by atoms with Crippen LogP contribution < -0.4 is 0 Å². The van der Waals surface area contributed by atoms with Gasteiger partial charge in [-0.25, -0.2) is 12.7 Å². The van der Waals surface area contributed by atoms with Crippen LogP contribution >= 0.6 is 0 Å². The number of aliphatic hydroxyl groups is 1. The number of carboxylic acid groups (broad SMARTS) is 3. The molecule has 0 aromatic rings. The molecule has 14 nitrogen and oxygen atoms in total. The van der Waals surface area contributed by atoms with Crippen LogP contribution in [-0.2, 0) is 24.4 Å². The van der Waals surface area contributed by atoms with E-state index < -0.39 is 34.0 Å². The Morgan fingerprint density at radius 1 is 0.786 bits per heavy atom. The van der Waals surface area contributed by atoms with E-state index in [0.717, 1.165) is 19.3 Å². The van der Waals surface area contributed by atoms with Gasteiger partial charge >= 0.3 is 57.8 Å². The van der Waals surface area contributed by atoms with Crippen LogP contribution in [0.2, 0.25) is 0 Å². The van der Waals surface area contributed by atoms with Crippen LogP contribution in [-0.4, -0.2) is 163 Å². The molecule has 1 saturated heterocycles. The molecule has 0 amide bonds. The number of rotatable bonds is 16. The number of sulfonamides is 1. The Kier molecular flexibility index (Phi) is 26.7. The zero-order valence-electron chi connectivity index (χ0n) is 25.0. The van der Waals surface area contributed by atoms with Crippen LogP contribution in [0.3, 0.4) is 0 Å².